The molecular formula is C14H11ClN2O4. The van der Waals surface area contributed by atoms with Gasteiger partial charge in [-0.2, -0.15) is 5.10 Å². The Balaban J connectivity index is 2.05. The Morgan fingerprint density at radius 3 is 2.43 bits per heavy atom. The SMILES string of the molecule is O=C(N/N=C/c1cc(O)c(O)c(Cl)c1)c1ccc(O)cc1. The van der Waals surface area contributed by atoms with Crippen molar-refractivity contribution in [1.29, 1.82) is 0 Å². The number of carbonyl (C=O) groups excluding carboxylic acids is 1. The minimum atomic E-state index is -0.458. The maximum atomic E-state index is 11.7. The van der Waals surface area contributed by atoms with E-state index in [0.29, 0.717) is 11.1 Å². The summed E-state index contributed by atoms with van der Waals surface area (Å²) in [5, 5.41) is 31.5. The summed E-state index contributed by atoms with van der Waals surface area (Å²) in [5.41, 5.74) is 3.02. The molecule has 7 heteroatoms. The molecule has 0 bridgehead atoms. The van der Waals surface area contributed by atoms with Gasteiger partial charge >= 0.3 is 0 Å². The number of nitrogens with one attached hydrogen (secondary N) is 1. The molecule has 0 radical (unpaired) electrons. The van der Waals surface area contributed by atoms with Crippen molar-refractivity contribution in [3.63, 3.8) is 0 Å². The predicted molar refractivity (Wildman–Crippen MR) is 77.9 cm³/mol. The van der Waals surface area contributed by atoms with Crippen LogP contribution in [-0.4, -0.2) is 27.4 Å². The Morgan fingerprint density at radius 1 is 1.14 bits per heavy atom. The number of carbonyl (C=O) groups is 1. The maximum Gasteiger partial charge on any atom is 0.271 e. The number of hydrogen-bond donors (Lipinski definition) is 4. The fourth-order valence-corrected chi connectivity index (χ4v) is 1.75. The first kappa shape index (κ1) is 14.7. The minimum Gasteiger partial charge on any atom is -0.508 e. The zero-order chi connectivity index (χ0) is 15.4. The van der Waals surface area contributed by atoms with Crippen LogP contribution < -0.4 is 5.43 Å². The van der Waals surface area contributed by atoms with Crippen molar-refractivity contribution in [3.05, 3.63) is 52.5 Å². The fraction of sp³-hybridized carbons (Fsp3) is 0. The molecule has 21 heavy (non-hydrogen) atoms. The van der Waals surface area contributed by atoms with Crippen molar-refractivity contribution < 1.29 is 20.1 Å². The highest BCUT2D eigenvalue weighted by atomic mass is 35.5. The van der Waals surface area contributed by atoms with Gasteiger partial charge in [0.1, 0.15) is 5.75 Å². The van der Waals surface area contributed by atoms with Gasteiger partial charge in [0.2, 0.25) is 0 Å². The van der Waals surface area contributed by atoms with Crippen LogP contribution >= 0.6 is 11.6 Å². The molecule has 0 fully saturated rings. The van der Waals surface area contributed by atoms with Crippen molar-refractivity contribution in [2.45, 2.75) is 0 Å². The van der Waals surface area contributed by atoms with Crippen molar-refractivity contribution in [2.24, 2.45) is 5.10 Å². The first-order chi connectivity index (χ1) is 9.97. The van der Waals surface area contributed by atoms with Crippen LogP contribution in [0.15, 0.2) is 41.5 Å². The van der Waals surface area contributed by atoms with E-state index < -0.39 is 11.7 Å². The van der Waals surface area contributed by atoms with Gasteiger partial charge in [0.05, 0.1) is 11.2 Å². The molecule has 1 amide bonds. The highest BCUT2D eigenvalue weighted by Crippen LogP contribution is 2.33. The molecule has 0 spiro atoms. The average molecular weight is 307 g/mol. The molecular weight excluding hydrogens is 296 g/mol. The molecule has 0 aliphatic heterocycles. The van der Waals surface area contributed by atoms with Gasteiger partial charge in [-0.1, -0.05) is 11.6 Å². The van der Waals surface area contributed by atoms with Crippen LogP contribution in [0.25, 0.3) is 0 Å². The van der Waals surface area contributed by atoms with E-state index in [2.05, 4.69) is 10.5 Å². The van der Waals surface area contributed by atoms with Gasteiger partial charge in [-0.15, -0.1) is 0 Å². The van der Waals surface area contributed by atoms with Crippen molar-refractivity contribution in [1.82, 2.24) is 5.43 Å². The van der Waals surface area contributed by atoms with Crippen LogP contribution in [0.1, 0.15) is 15.9 Å². The summed E-state index contributed by atoms with van der Waals surface area (Å²) in [6.45, 7) is 0. The van der Waals surface area contributed by atoms with Crippen molar-refractivity contribution >= 4 is 23.7 Å². The Morgan fingerprint density at radius 2 is 1.81 bits per heavy atom. The third-order valence-electron chi connectivity index (χ3n) is 2.57. The summed E-state index contributed by atoms with van der Waals surface area (Å²) in [6, 6.07) is 8.30. The lowest BCUT2D eigenvalue weighted by Crippen LogP contribution is -2.17. The zero-order valence-electron chi connectivity index (χ0n) is 10.6. The molecule has 0 unspecified atom stereocenters. The summed E-state index contributed by atoms with van der Waals surface area (Å²) in [6.07, 6.45) is 1.27. The molecule has 0 heterocycles. The van der Waals surface area contributed by atoms with Crippen LogP contribution in [0.5, 0.6) is 17.2 Å². The van der Waals surface area contributed by atoms with E-state index in [9.17, 15) is 15.0 Å². The minimum absolute atomic E-state index is 0.0266. The van der Waals surface area contributed by atoms with Crippen LogP contribution in [0.4, 0.5) is 0 Å². The van der Waals surface area contributed by atoms with Gasteiger partial charge in [-0.3, -0.25) is 4.79 Å². The van der Waals surface area contributed by atoms with Gasteiger partial charge in [0, 0.05) is 5.56 Å². The van der Waals surface area contributed by atoms with E-state index >= 15 is 0 Å². The quantitative estimate of drug-likeness (QED) is 0.396. The molecule has 0 atom stereocenters. The van der Waals surface area contributed by atoms with Crippen LogP contribution in [0.3, 0.4) is 0 Å². The van der Waals surface area contributed by atoms with Crippen molar-refractivity contribution in [2.75, 3.05) is 0 Å². The van der Waals surface area contributed by atoms with Gasteiger partial charge in [0.25, 0.3) is 5.91 Å². The number of phenols is 3. The monoisotopic (exact) mass is 306 g/mol. The average Bonchev–Trinajstić information content (AvgIpc) is 2.45. The standard InChI is InChI=1S/C14H11ClN2O4/c15-11-5-8(6-12(19)13(11)20)7-16-17-14(21)9-1-3-10(18)4-2-9/h1-7,18-20H,(H,17,21)/b16-7+. The number of halogens is 1. The molecule has 0 saturated heterocycles. The Labute approximate surface area is 124 Å². The van der Waals surface area contributed by atoms with Gasteiger partial charge in [-0.25, -0.2) is 5.43 Å². The number of amides is 1. The maximum absolute atomic E-state index is 11.7. The number of hydrazone groups is 1. The summed E-state index contributed by atoms with van der Waals surface area (Å²) >= 11 is 5.69. The highest BCUT2D eigenvalue weighted by molar-refractivity contribution is 6.32. The lowest BCUT2D eigenvalue weighted by molar-refractivity contribution is 0.0955. The van der Waals surface area contributed by atoms with Crippen LogP contribution in [-0.2, 0) is 0 Å². The summed E-state index contributed by atoms with van der Waals surface area (Å²) in [7, 11) is 0. The first-order valence-electron chi connectivity index (χ1n) is 5.81. The smallest absolute Gasteiger partial charge is 0.271 e. The molecule has 4 N–H and O–H groups in total. The zero-order valence-corrected chi connectivity index (χ0v) is 11.4. The number of rotatable bonds is 3. The normalized spacial score (nSPS) is 10.7. The third-order valence-corrected chi connectivity index (χ3v) is 2.86. The van der Waals surface area contributed by atoms with E-state index in [1.54, 1.807) is 0 Å². The van der Waals surface area contributed by atoms with Crippen LogP contribution in [0, 0.1) is 0 Å². The molecule has 6 nitrogen and oxygen atoms in total. The third kappa shape index (κ3) is 3.64. The molecule has 0 aromatic heterocycles. The van der Waals surface area contributed by atoms with E-state index in [1.807, 2.05) is 0 Å². The number of benzene rings is 2. The number of nitrogens with zero attached hydrogens (tertiary/aromatic N) is 1. The molecule has 2 rings (SSSR count). The largest absolute Gasteiger partial charge is 0.508 e. The second-order valence-electron chi connectivity index (χ2n) is 4.12. The van der Waals surface area contributed by atoms with Crippen molar-refractivity contribution in [3.8, 4) is 17.2 Å². The lowest BCUT2D eigenvalue weighted by atomic mass is 10.2. The summed E-state index contributed by atoms with van der Waals surface area (Å²) < 4.78 is 0. The second-order valence-corrected chi connectivity index (χ2v) is 4.52. The Bertz CT molecular complexity index is 676. The second kappa shape index (κ2) is 6.15. The predicted octanol–water partition coefficient (Wildman–Crippen LogP) is 2.22. The molecule has 108 valence electrons. The molecule has 0 aliphatic rings. The van der Waals surface area contributed by atoms with E-state index in [4.69, 9.17) is 16.7 Å². The number of hydrogen-bond acceptors (Lipinski definition) is 5. The van der Waals surface area contributed by atoms with Gasteiger partial charge in [-0.05, 0) is 42.0 Å². The van der Waals surface area contributed by atoms with Gasteiger partial charge < -0.3 is 15.3 Å². The summed E-state index contributed by atoms with van der Waals surface area (Å²) in [4.78, 5) is 11.7. The first-order valence-corrected chi connectivity index (χ1v) is 6.19. The molecule has 2 aromatic rings. The van der Waals surface area contributed by atoms with E-state index in [0.717, 1.165) is 0 Å². The Kier molecular flexibility index (Phi) is 4.30. The molecule has 2 aromatic carbocycles. The summed E-state index contributed by atoms with van der Waals surface area (Å²) in [5.74, 6) is -1.19. The molecule has 0 saturated carbocycles. The number of phenolic OH excluding ortho intramolecular Hbond substituents is 3. The lowest BCUT2D eigenvalue weighted by Gasteiger charge is -2.02. The Hall–Kier alpha value is -2.73. The van der Waals surface area contributed by atoms with Crippen LogP contribution in [0.2, 0.25) is 5.02 Å². The van der Waals surface area contributed by atoms with E-state index in [1.165, 1.54) is 42.6 Å². The topological polar surface area (TPSA) is 102 Å². The fourth-order valence-electron chi connectivity index (χ4n) is 1.52. The highest BCUT2D eigenvalue weighted by Gasteiger charge is 2.06. The van der Waals surface area contributed by atoms with Gasteiger partial charge in [0.15, 0.2) is 11.5 Å². The number of aromatic hydroxyl groups is 3. The molecule has 0 aliphatic carbocycles. The van der Waals surface area contributed by atoms with E-state index in [-0.39, 0.29) is 16.5 Å².